The van der Waals surface area contributed by atoms with Crippen molar-refractivity contribution in [3.63, 3.8) is 0 Å². The molecular formula is C40H43N5O5. The number of nitrogens with one attached hydrogen (secondary N) is 3. The molecule has 0 unspecified atom stereocenters. The molecule has 0 spiro atoms. The Kier molecular flexibility index (Phi) is 10.8. The number of para-hydroxylation sites is 1. The zero-order valence-electron chi connectivity index (χ0n) is 28.6. The monoisotopic (exact) mass is 673 g/mol. The van der Waals surface area contributed by atoms with E-state index in [0.29, 0.717) is 35.0 Å². The minimum Gasteiger partial charge on any atom is -0.466 e. The van der Waals surface area contributed by atoms with Crippen molar-refractivity contribution in [2.75, 3.05) is 30.3 Å². The largest absolute Gasteiger partial charge is 0.466 e. The highest BCUT2D eigenvalue weighted by atomic mass is 16.5. The van der Waals surface area contributed by atoms with Gasteiger partial charge in [0.1, 0.15) is 11.5 Å². The second kappa shape index (κ2) is 15.7. The number of esters is 1. The van der Waals surface area contributed by atoms with Crippen molar-refractivity contribution in [3.8, 4) is 17.2 Å². The first-order valence-electron chi connectivity index (χ1n) is 17.1. The fourth-order valence-electron chi connectivity index (χ4n) is 6.17. The highest BCUT2D eigenvalue weighted by Gasteiger charge is 2.26. The number of nitrogens with zero attached hydrogens (tertiary/aromatic N) is 2. The van der Waals surface area contributed by atoms with Crippen LogP contribution in [0.2, 0.25) is 0 Å². The Morgan fingerprint density at radius 3 is 2.04 bits per heavy atom. The van der Waals surface area contributed by atoms with Gasteiger partial charge >= 0.3 is 12.0 Å². The number of hydrogen-bond donors (Lipinski definition) is 3. The molecule has 3 N–H and O–H groups in total. The third-order valence-corrected chi connectivity index (χ3v) is 8.68. The molecule has 1 aliphatic rings. The Labute approximate surface area is 292 Å². The molecule has 10 nitrogen and oxygen atoms in total. The number of carbonyl (C=O) groups excluding carboxylic acids is 3. The lowest BCUT2D eigenvalue weighted by Crippen LogP contribution is -2.36. The SMILES string of the molecule is CCOC(=O)C1CCN(Cc2cn(-c3ccc(C(=O)Nc4ccc(Oc5ccc(NC(=O)NC(C)C)cc5)cc4)cc3)c3ccccc23)CC1. The Balaban J connectivity index is 1.05. The highest BCUT2D eigenvalue weighted by Crippen LogP contribution is 2.29. The number of amides is 3. The average molecular weight is 674 g/mol. The molecule has 1 aliphatic heterocycles. The van der Waals surface area contributed by atoms with E-state index >= 15 is 0 Å². The highest BCUT2D eigenvalue weighted by molar-refractivity contribution is 6.04. The number of ether oxygens (including phenoxy) is 2. The number of likely N-dealkylation sites (tertiary alicyclic amines) is 1. The summed E-state index contributed by atoms with van der Waals surface area (Å²) in [6.07, 6.45) is 3.80. The summed E-state index contributed by atoms with van der Waals surface area (Å²) >= 11 is 0. The zero-order valence-corrected chi connectivity index (χ0v) is 28.6. The smallest absolute Gasteiger partial charge is 0.319 e. The van der Waals surface area contributed by atoms with Crippen molar-refractivity contribution in [1.29, 1.82) is 0 Å². The number of carbonyl (C=O) groups is 3. The second-order valence-electron chi connectivity index (χ2n) is 12.7. The third-order valence-electron chi connectivity index (χ3n) is 8.68. The summed E-state index contributed by atoms with van der Waals surface area (Å²) in [7, 11) is 0. The standard InChI is InChI=1S/C40H43N5O5/c1-4-49-39(47)29-21-23-44(24-22-29)25-30-26-45(37-8-6-5-7-36(30)37)33-15-9-28(10-16-33)38(46)42-31-11-17-34(18-12-31)50-35-19-13-32(14-20-35)43-40(48)41-27(2)3/h5-20,26-27,29H,4,21-25H2,1-3H3,(H,42,46)(H2,41,43,48). The van der Waals surface area contributed by atoms with Gasteiger partial charge in [0.25, 0.3) is 5.91 Å². The van der Waals surface area contributed by atoms with E-state index in [-0.39, 0.29) is 29.9 Å². The lowest BCUT2D eigenvalue weighted by atomic mass is 9.96. The molecule has 0 aliphatic carbocycles. The van der Waals surface area contributed by atoms with Gasteiger partial charge in [0.15, 0.2) is 0 Å². The van der Waals surface area contributed by atoms with Crippen LogP contribution in [0.15, 0.2) is 103 Å². The third kappa shape index (κ3) is 8.51. The lowest BCUT2D eigenvalue weighted by Gasteiger charge is -2.30. The Morgan fingerprint density at radius 1 is 0.800 bits per heavy atom. The van der Waals surface area contributed by atoms with E-state index in [1.54, 1.807) is 48.5 Å². The molecule has 4 aromatic carbocycles. The summed E-state index contributed by atoms with van der Waals surface area (Å²) in [5.41, 5.74) is 5.15. The predicted molar refractivity (Wildman–Crippen MR) is 196 cm³/mol. The summed E-state index contributed by atoms with van der Waals surface area (Å²) in [6, 6.07) is 30.0. The van der Waals surface area contributed by atoms with E-state index in [2.05, 4.69) is 49.8 Å². The van der Waals surface area contributed by atoms with Gasteiger partial charge in [0.05, 0.1) is 18.0 Å². The number of aromatic nitrogens is 1. The molecule has 0 saturated carbocycles. The number of benzene rings is 4. The number of piperidine rings is 1. The van der Waals surface area contributed by atoms with Crippen molar-refractivity contribution >= 4 is 40.2 Å². The molecular weight excluding hydrogens is 630 g/mol. The van der Waals surface area contributed by atoms with Crippen LogP contribution in [-0.4, -0.2) is 53.1 Å². The summed E-state index contributed by atoms with van der Waals surface area (Å²) in [6.45, 7) is 8.59. The van der Waals surface area contributed by atoms with Gasteiger partial charge in [-0.1, -0.05) is 18.2 Å². The van der Waals surface area contributed by atoms with Gasteiger partial charge in [-0.3, -0.25) is 14.5 Å². The number of rotatable bonds is 11. The van der Waals surface area contributed by atoms with Crippen molar-refractivity contribution < 1.29 is 23.9 Å². The van der Waals surface area contributed by atoms with E-state index < -0.39 is 0 Å². The number of hydrogen-bond acceptors (Lipinski definition) is 6. The maximum atomic E-state index is 13.1. The van der Waals surface area contributed by atoms with Crippen molar-refractivity contribution in [1.82, 2.24) is 14.8 Å². The molecule has 1 saturated heterocycles. The van der Waals surface area contributed by atoms with Crippen molar-refractivity contribution in [3.05, 3.63) is 114 Å². The molecule has 6 rings (SSSR count). The number of anilines is 2. The molecule has 50 heavy (non-hydrogen) atoms. The molecule has 2 heterocycles. The Hall–Kier alpha value is -5.61. The fourth-order valence-corrected chi connectivity index (χ4v) is 6.17. The normalized spacial score (nSPS) is 13.6. The van der Waals surface area contributed by atoms with E-state index in [1.807, 2.05) is 51.1 Å². The van der Waals surface area contributed by atoms with E-state index in [0.717, 1.165) is 43.7 Å². The molecule has 1 fully saturated rings. The topological polar surface area (TPSA) is 114 Å². The van der Waals surface area contributed by atoms with Gasteiger partial charge in [-0.15, -0.1) is 0 Å². The molecule has 258 valence electrons. The summed E-state index contributed by atoms with van der Waals surface area (Å²) in [5, 5.41) is 9.72. The minimum atomic E-state index is -0.261. The van der Waals surface area contributed by atoms with Crippen LogP contribution in [0.1, 0.15) is 49.5 Å². The van der Waals surface area contributed by atoms with Crippen LogP contribution >= 0.6 is 0 Å². The zero-order chi connectivity index (χ0) is 35.0. The van der Waals surface area contributed by atoms with E-state index in [9.17, 15) is 14.4 Å². The van der Waals surface area contributed by atoms with Gasteiger partial charge in [0, 0.05) is 46.8 Å². The molecule has 10 heteroatoms. The first-order valence-corrected chi connectivity index (χ1v) is 17.1. The van der Waals surface area contributed by atoms with Crippen molar-refractivity contribution in [2.45, 2.75) is 46.2 Å². The Morgan fingerprint density at radius 2 is 1.42 bits per heavy atom. The quantitative estimate of drug-likeness (QED) is 0.123. The lowest BCUT2D eigenvalue weighted by molar-refractivity contribution is -0.149. The second-order valence-corrected chi connectivity index (χ2v) is 12.7. The first kappa shape index (κ1) is 34.3. The van der Waals surface area contributed by atoms with Crippen LogP contribution < -0.4 is 20.7 Å². The summed E-state index contributed by atoms with van der Waals surface area (Å²) in [5.74, 6) is 0.937. The van der Waals surface area contributed by atoms with Gasteiger partial charge in [-0.05, 0) is 131 Å². The Bertz CT molecular complexity index is 1930. The maximum absolute atomic E-state index is 13.1. The molecule has 3 amide bonds. The molecule has 0 atom stereocenters. The number of urea groups is 1. The van der Waals surface area contributed by atoms with Crippen LogP contribution in [0.4, 0.5) is 16.2 Å². The summed E-state index contributed by atoms with van der Waals surface area (Å²) in [4.78, 5) is 39.6. The fraction of sp³-hybridized carbons (Fsp3) is 0.275. The molecule has 0 radical (unpaired) electrons. The van der Waals surface area contributed by atoms with E-state index in [1.165, 1.54) is 10.9 Å². The minimum absolute atomic E-state index is 0.0126. The number of fused-ring (bicyclic) bond motifs is 1. The molecule has 0 bridgehead atoms. The van der Waals surface area contributed by atoms with E-state index in [4.69, 9.17) is 9.47 Å². The average Bonchev–Trinajstić information content (AvgIpc) is 3.48. The van der Waals surface area contributed by atoms with Crippen LogP contribution in [0.5, 0.6) is 11.5 Å². The predicted octanol–water partition coefficient (Wildman–Crippen LogP) is 7.98. The van der Waals surface area contributed by atoms with Gasteiger partial charge in [0.2, 0.25) is 0 Å². The van der Waals surface area contributed by atoms with Gasteiger partial charge < -0.3 is 30.0 Å². The first-order chi connectivity index (χ1) is 24.2. The summed E-state index contributed by atoms with van der Waals surface area (Å²) < 4.78 is 13.3. The van der Waals surface area contributed by atoms with Crippen LogP contribution in [-0.2, 0) is 16.1 Å². The molecule has 1 aromatic heterocycles. The van der Waals surface area contributed by atoms with Crippen molar-refractivity contribution in [2.24, 2.45) is 5.92 Å². The van der Waals surface area contributed by atoms with Crippen LogP contribution in [0.25, 0.3) is 16.6 Å². The van der Waals surface area contributed by atoms with Crippen LogP contribution in [0, 0.1) is 5.92 Å². The van der Waals surface area contributed by atoms with Gasteiger partial charge in [-0.25, -0.2) is 4.79 Å². The van der Waals surface area contributed by atoms with Gasteiger partial charge in [-0.2, -0.15) is 0 Å². The maximum Gasteiger partial charge on any atom is 0.319 e. The van der Waals surface area contributed by atoms with Crippen LogP contribution in [0.3, 0.4) is 0 Å². The molecule has 5 aromatic rings.